The smallest absolute Gasteiger partial charge is 0.298 e. The molecule has 0 saturated carbocycles. The van der Waals surface area contributed by atoms with Crippen molar-refractivity contribution in [1.82, 2.24) is 5.43 Å². The Morgan fingerprint density at radius 3 is 2.54 bits per heavy atom. The van der Waals surface area contributed by atoms with E-state index in [0.29, 0.717) is 10.5 Å². The number of alkyl halides is 3. The van der Waals surface area contributed by atoms with E-state index < -0.39 is 17.6 Å². The fourth-order valence-corrected chi connectivity index (χ4v) is 2.38. The van der Waals surface area contributed by atoms with Crippen molar-refractivity contribution < 1.29 is 18.0 Å². The number of nitrogens with zero attached hydrogens (tertiary/aromatic N) is 1. The molecule has 0 bridgehead atoms. The van der Waals surface area contributed by atoms with Gasteiger partial charge < -0.3 is 0 Å². The van der Waals surface area contributed by atoms with Crippen LogP contribution < -0.4 is 10.9 Å². The normalized spacial score (nSPS) is 10.8. The molecule has 2 aromatic carbocycles. The Kier molecular flexibility index (Phi) is 5.36. The molecule has 0 unspecified atom stereocenters. The number of hydrogen-bond acceptors (Lipinski definition) is 3. The zero-order valence-electron chi connectivity index (χ0n) is 11.7. The first-order valence-electron chi connectivity index (χ1n) is 6.35. The van der Waals surface area contributed by atoms with Crippen molar-refractivity contribution >= 4 is 39.1 Å². The van der Waals surface area contributed by atoms with Crippen LogP contribution in [0.1, 0.15) is 21.5 Å². The van der Waals surface area contributed by atoms with Gasteiger partial charge in [0, 0.05) is 4.47 Å². The van der Waals surface area contributed by atoms with Gasteiger partial charge in [-0.2, -0.15) is 18.4 Å². The predicted molar refractivity (Wildman–Crippen MR) is 86.4 cm³/mol. The number of benzene rings is 2. The highest BCUT2D eigenvalue weighted by Gasteiger charge is 2.34. The Balaban J connectivity index is 2.25. The first kappa shape index (κ1) is 18.1. The minimum absolute atomic E-state index is 0.0840. The summed E-state index contributed by atoms with van der Waals surface area (Å²) in [4.78, 5) is 12.1. The number of hydrogen-bond donors (Lipinski definition) is 2. The van der Waals surface area contributed by atoms with Gasteiger partial charge in [0.25, 0.3) is 5.91 Å². The maximum Gasteiger partial charge on any atom is 0.418 e. The lowest BCUT2D eigenvalue weighted by molar-refractivity contribution is -0.137. The quantitative estimate of drug-likeness (QED) is 0.707. The van der Waals surface area contributed by atoms with Gasteiger partial charge in [-0.25, -0.2) is 0 Å². The fraction of sp³-hybridized carbons (Fsp3) is 0.0667. The van der Waals surface area contributed by atoms with Crippen molar-refractivity contribution in [3.8, 4) is 6.07 Å². The average molecular weight is 419 g/mol. The Hall–Kier alpha value is -2.24. The molecule has 2 aromatic rings. The first-order chi connectivity index (χ1) is 11.2. The van der Waals surface area contributed by atoms with E-state index in [1.54, 1.807) is 12.1 Å². The number of amides is 1. The highest BCUT2D eigenvalue weighted by atomic mass is 79.9. The van der Waals surface area contributed by atoms with Gasteiger partial charge in [0.1, 0.15) is 0 Å². The zero-order chi connectivity index (χ0) is 17.9. The van der Waals surface area contributed by atoms with E-state index in [1.807, 2.05) is 0 Å². The van der Waals surface area contributed by atoms with E-state index in [0.717, 1.165) is 6.07 Å². The molecule has 9 heteroatoms. The van der Waals surface area contributed by atoms with Crippen LogP contribution in [0.25, 0.3) is 0 Å². The summed E-state index contributed by atoms with van der Waals surface area (Å²) in [5.41, 5.74) is 2.85. The summed E-state index contributed by atoms with van der Waals surface area (Å²) in [6.07, 6.45) is -4.69. The monoisotopic (exact) mass is 417 g/mol. The number of anilines is 1. The predicted octanol–water partition coefficient (Wildman–Crippen LogP) is 4.75. The topological polar surface area (TPSA) is 64.9 Å². The molecular weight excluding hydrogens is 411 g/mol. The maximum atomic E-state index is 13.0. The lowest BCUT2D eigenvalue weighted by atomic mass is 10.1. The largest absolute Gasteiger partial charge is 0.418 e. The molecule has 4 nitrogen and oxygen atoms in total. The summed E-state index contributed by atoms with van der Waals surface area (Å²) < 4.78 is 39.7. The summed E-state index contributed by atoms with van der Waals surface area (Å²) in [5.74, 6) is -0.709. The van der Waals surface area contributed by atoms with Crippen molar-refractivity contribution in [2.24, 2.45) is 0 Å². The van der Waals surface area contributed by atoms with Gasteiger partial charge in [0.2, 0.25) is 0 Å². The van der Waals surface area contributed by atoms with E-state index in [2.05, 4.69) is 26.8 Å². The van der Waals surface area contributed by atoms with Crippen LogP contribution in [0.5, 0.6) is 0 Å². The highest BCUT2D eigenvalue weighted by Crippen LogP contribution is 2.35. The number of rotatable bonds is 3. The molecule has 0 aromatic heterocycles. The van der Waals surface area contributed by atoms with Crippen LogP contribution in [-0.2, 0) is 6.18 Å². The van der Waals surface area contributed by atoms with Gasteiger partial charge in [-0.1, -0.05) is 27.5 Å². The Bertz CT molecular complexity index is 834. The summed E-state index contributed by atoms with van der Waals surface area (Å²) in [6.45, 7) is 0. The second kappa shape index (κ2) is 7.11. The van der Waals surface area contributed by atoms with E-state index >= 15 is 0 Å². The van der Waals surface area contributed by atoms with E-state index in [4.69, 9.17) is 16.9 Å². The van der Waals surface area contributed by atoms with Gasteiger partial charge in [-0.3, -0.25) is 15.6 Å². The van der Waals surface area contributed by atoms with Gasteiger partial charge in [0.05, 0.1) is 33.5 Å². The molecule has 0 aliphatic carbocycles. The lowest BCUT2D eigenvalue weighted by Crippen LogP contribution is -2.30. The summed E-state index contributed by atoms with van der Waals surface area (Å²) >= 11 is 9.07. The van der Waals surface area contributed by atoms with Gasteiger partial charge in [-0.05, 0) is 36.4 Å². The number of hydrazine groups is 1. The van der Waals surface area contributed by atoms with E-state index in [-0.39, 0.29) is 21.8 Å². The third-order valence-corrected chi connectivity index (χ3v) is 3.76. The molecular formula is C15H8BrClF3N3O. The number of nitrogens with one attached hydrogen (secondary N) is 2. The molecule has 2 N–H and O–H groups in total. The van der Waals surface area contributed by atoms with Crippen molar-refractivity contribution in [3.05, 3.63) is 62.6 Å². The van der Waals surface area contributed by atoms with Crippen LogP contribution in [0.4, 0.5) is 18.9 Å². The van der Waals surface area contributed by atoms with Crippen LogP contribution in [0.15, 0.2) is 40.9 Å². The van der Waals surface area contributed by atoms with Crippen LogP contribution in [0.3, 0.4) is 0 Å². The minimum atomic E-state index is -4.69. The van der Waals surface area contributed by atoms with Crippen molar-refractivity contribution in [2.45, 2.75) is 6.18 Å². The Morgan fingerprint density at radius 1 is 1.21 bits per heavy atom. The molecule has 0 aliphatic heterocycles. The third kappa shape index (κ3) is 4.19. The average Bonchev–Trinajstić information content (AvgIpc) is 2.53. The standard InChI is InChI=1S/C15H8BrClF3N3O/c16-9-2-3-12(17)10(6-9)14(24)23-22-13-4-1-8(7-21)5-11(13)15(18,19)20/h1-6,22H,(H,23,24). The van der Waals surface area contributed by atoms with Crippen LogP contribution in [0, 0.1) is 11.3 Å². The van der Waals surface area contributed by atoms with Crippen LogP contribution in [0.2, 0.25) is 5.02 Å². The van der Waals surface area contributed by atoms with Crippen molar-refractivity contribution in [2.75, 3.05) is 5.43 Å². The van der Waals surface area contributed by atoms with Gasteiger partial charge in [0.15, 0.2) is 0 Å². The molecule has 0 heterocycles. The Morgan fingerprint density at radius 2 is 1.92 bits per heavy atom. The number of nitriles is 1. The van der Waals surface area contributed by atoms with Crippen molar-refractivity contribution in [1.29, 1.82) is 5.26 Å². The second-order valence-corrected chi connectivity index (χ2v) is 5.90. The highest BCUT2D eigenvalue weighted by molar-refractivity contribution is 9.10. The lowest BCUT2D eigenvalue weighted by Gasteiger charge is -2.15. The molecule has 0 fully saturated rings. The number of carbonyl (C=O) groups excluding carboxylic acids is 1. The summed E-state index contributed by atoms with van der Waals surface area (Å²) in [5, 5.41) is 8.86. The molecule has 2 rings (SSSR count). The third-order valence-electron chi connectivity index (χ3n) is 2.94. The molecule has 24 heavy (non-hydrogen) atoms. The van der Waals surface area contributed by atoms with E-state index in [1.165, 1.54) is 18.2 Å². The van der Waals surface area contributed by atoms with Crippen molar-refractivity contribution in [3.63, 3.8) is 0 Å². The fourth-order valence-electron chi connectivity index (χ4n) is 1.82. The first-order valence-corrected chi connectivity index (χ1v) is 7.52. The summed E-state index contributed by atoms with van der Waals surface area (Å²) in [7, 11) is 0. The molecule has 1 amide bonds. The van der Waals surface area contributed by atoms with Gasteiger partial charge >= 0.3 is 6.18 Å². The molecule has 124 valence electrons. The number of halogens is 5. The molecule has 0 radical (unpaired) electrons. The SMILES string of the molecule is N#Cc1ccc(NNC(=O)c2cc(Br)ccc2Cl)c(C(F)(F)F)c1. The second-order valence-electron chi connectivity index (χ2n) is 4.57. The van der Waals surface area contributed by atoms with Crippen LogP contribution >= 0.6 is 27.5 Å². The number of carbonyl (C=O) groups is 1. The maximum absolute atomic E-state index is 13.0. The molecule has 0 saturated heterocycles. The minimum Gasteiger partial charge on any atom is -0.298 e. The van der Waals surface area contributed by atoms with Crippen LogP contribution in [-0.4, -0.2) is 5.91 Å². The van der Waals surface area contributed by atoms with E-state index in [9.17, 15) is 18.0 Å². The molecule has 0 spiro atoms. The summed E-state index contributed by atoms with van der Waals surface area (Å²) in [6, 6.07) is 9.12. The molecule has 0 aliphatic rings. The molecule has 0 atom stereocenters. The Labute approximate surface area is 148 Å². The van der Waals surface area contributed by atoms with Gasteiger partial charge in [-0.15, -0.1) is 0 Å². The zero-order valence-corrected chi connectivity index (χ0v) is 14.1.